The number of nitrogens with one attached hydrogen (secondary N) is 1. The average molecular weight is 351 g/mol. The molecule has 3 fully saturated rings. The third-order valence-electron chi connectivity index (χ3n) is 6.17. The first-order chi connectivity index (χ1) is 11.9. The minimum absolute atomic E-state index is 0.0249. The number of carbonyl (C=O) groups excluding carboxylic acids is 2. The van der Waals surface area contributed by atoms with Crippen molar-refractivity contribution in [2.24, 2.45) is 16.7 Å². The van der Waals surface area contributed by atoms with Gasteiger partial charge in [-0.05, 0) is 44.4 Å². The van der Waals surface area contributed by atoms with Gasteiger partial charge >= 0.3 is 0 Å². The molecule has 2 amide bonds. The van der Waals surface area contributed by atoms with Crippen LogP contribution in [0.3, 0.4) is 0 Å². The first-order valence-corrected chi connectivity index (χ1v) is 10.0. The molecule has 1 N–H and O–H groups in total. The monoisotopic (exact) mass is 350 g/mol. The van der Waals surface area contributed by atoms with Crippen molar-refractivity contribution in [2.75, 3.05) is 26.3 Å². The fraction of sp³-hybridized carbons (Fsp3) is 0.900. The molecule has 1 aliphatic heterocycles. The molecule has 0 aromatic rings. The largest absolute Gasteiger partial charge is 0.371 e. The van der Waals surface area contributed by atoms with Gasteiger partial charge in [-0.2, -0.15) is 0 Å². The fourth-order valence-electron chi connectivity index (χ4n) is 4.17. The van der Waals surface area contributed by atoms with E-state index in [0.29, 0.717) is 18.4 Å². The number of nitrogens with zero attached hydrogens (tertiary/aromatic N) is 1. The molecule has 25 heavy (non-hydrogen) atoms. The number of likely N-dealkylation sites (tertiary alicyclic amines) is 1. The number of carbonyl (C=O) groups is 2. The Morgan fingerprint density at radius 3 is 2.48 bits per heavy atom. The van der Waals surface area contributed by atoms with Crippen LogP contribution in [-0.4, -0.2) is 49.1 Å². The summed E-state index contributed by atoms with van der Waals surface area (Å²) in [6.45, 7) is 8.81. The van der Waals surface area contributed by atoms with Gasteiger partial charge in [0.25, 0.3) is 0 Å². The summed E-state index contributed by atoms with van der Waals surface area (Å²) in [5, 5.41) is 3.14. The van der Waals surface area contributed by atoms with Crippen LogP contribution in [0, 0.1) is 16.7 Å². The third kappa shape index (κ3) is 4.55. The molecule has 2 saturated carbocycles. The van der Waals surface area contributed by atoms with Gasteiger partial charge in [0.15, 0.2) is 0 Å². The molecule has 1 saturated heterocycles. The maximum Gasteiger partial charge on any atom is 0.246 e. The lowest BCUT2D eigenvalue weighted by molar-refractivity contribution is -0.141. The maximum absolute atomic E-state index is 12.9. The molecule has 1 atom stereocenters. The van der Waals surface area contributed by atoms with E-state index in [0.717, 1.165) is 45.2 Å². The Bertz CT molecular complexity index is 509. The second kappa shape index (κ2) is 7.26. The van der Waals surface area contributed by atoms with Crippen molar-refractivity contribution in [2.45, 2.75) is 71.8 Å². The molecule has 0 bridgehead atoms. The average Bonchev–Trinajstić information content (AvgIpc) is 3.45. The Kier molecular flexibility index (Phi) is 5.42. The van der Waals surface area contributed by atoms with Gasteiger partial charge in [-0.3, -0.25) is 9.59 Å². The van der Waals surface area contributed by atoms with Crippen LogP contribution in [0.5, 0.6) is 0 Å². The van der Waals surface area contributed by atoms with Gasteiger partial charge in [0, 0.05) is 30.0 Å². The second-order valence-corrected chi connectivity index (χ2v) is 9.11. The zero-order valence-electron chi connectivity index (χ0n) is 16.1. The smallest absolute Gasteiger partial charge is 0.246 e. The van der Waals surface area contributed by atoms with Crippen molar-refractivity contribution < 1.29 is 14.3 Å². The van der Waals surface area contributed by atoms with E-state index >= 15 is 0 Å². The van der Waals surface area contributed by atoms with Crippen LogP contribution in [0.2, 0.25) is 0 Å². The highest BCUT2D eigenvalue weighted by Crippen LogP contribution is 2.51. The summed E-state index contributed by atoms with van der Waals surface area (Å²) < 4.78 is 5.49. The summed E-state index contributed by atoms with van der Waals surface area (Å²) in [7, 11) is 0. The highest BCUT2D eigenvalue weighted by Gasteiger charge is 2.52. The van der Waals surface area contributed by atoms with Gasteiger partial charge < -0.3 is 15.0 Å². The van der Waals surface area contributed by atoms with Crippen LogP contribution in [-0.2, 0) is 14.3 Å². The lowest BCUT2D eigenvalue weighted by atomic mass is 9.78. The van der Waals surface area contributed by atoms with Crippen LogP contribution in [0.15, 0.2) is 0 Å². The molecule has 0 spiro atoms. The SMILES string of the molecule is CCCC1(C(=O)N2CCC(NC(=O)COCC3CC3)C(C)(C)C2)CC1. The predicted octanol–water partition coefficient (Wildman–Crippen LogP) is 2.74. The second-order valence-electron chi connectivity index (χ2n) is 9.11. The van der Waals surface area contributed by atoms with Gasteiger partial charge in [-0.1, -0.05) is 27.2 Å². The van der Waals surface area contributed by atoms with Gasteiger partial charge in [0.05, 0.1) is 6.61 Å². The Morgan fingerprint density at radius 2 is 1.92 bits per heavy atom. The number of ether oxygens (including phenoxy) is 1. The van der Waals surface area contributed by atoms with E-state index in [2.05, 4.69) is 31.0 Å². The van der Waals surface area contributed by atoms with E-state index in [9.17, 15) is 9.59 Å². The number of hydrogen-bond acceptors (Lipinski definition) is 3. The molecular weight excluding hydrogens is 316 g/mol. The van der Waals surface area contributed by atoms with E-state index in [1.165, 1.54) is 12.8 Å². The fourth-order valence-corrected chi connectivity index (χ4v) is 4.17. The van der Waals surface area contributed by atoms with Crippen molar-refractivity contribution in [1.29, 1.82) is 0 Å². The molecule has 3 rings (SSSR count). The minimum atomic E-state index is -0.109. The number of piperidine rings is 1. The molecule has 0 aromatic heterocycles. The summed E-state index contributed by atoms with van der Waals surface area (Å²) in [6, 6.07) is 0.106. The Hall–Kier alpha value is -1.10. The van der Waals surface area contributed by atoms with Gasteiger partial charge in [-0.25, -0.2) is 0 Å². The first-order valence-electron chi connectivity index (χ1n) is 10.0. The molecule has 5 nitrogen and oxygen atoms in total. The molecule has 3 aliphatic rings. The summed E-state index contributed by atoms with van der Waals surface area (Å²) in [4.78, 5) is 27.1. The van der Waals surface area contributed by atoms with Crippen molar-refractivity contribution in [3.8, 4) is 0 Å². The third-order valence-corrected chi connectivity index (χ3v) is 6.17. The van der Waals surface area contributed by atoms with Crippen molar-refractivity contribution in [1.82, 2.24) is 10.2 Å². The van der Waals surface area contributed by atoms with Crippen LogP contribution in [0.1, 0.15) is 65.7 Å². The van der Waals surface area contributed by atoms with Crippen LogP contribution < -0.4 is 5.32 Å². The minimum Gasteiger partial charge on any atom is -0.371 e. The van der Waals surface area contributed by atoms with Crippen LogP contribution >= 0.6 is 0 Å². The molecule has 2 aliphatic carbocycles. The van der Waals surface area contributed by atoms with Crippen LogP contribution in [0.4, 0.5) is 0 Å². The molecule has 5 heteroatoms. The van der Waals surface area contributed by atoms with E-state index in [1.807, 2.05) is 0 Å². The van der Waals surface area contributed by atoms with E-state index in [4.69, 9.17) is 4.74 Å². The highest BCUT2D eigenvalue weighted by molar-refractivity contribution is 5.85. The summed E-state index contributed by atoms with van der Waals surface area (Å²) in [6.07, 6.45) is 7.49. The predicted molar refractivity (Wildman–Crippen MR) is 97.0 cm³/mol. The van der Waals surface area contributed by atoms with Crippen molar-refractivity contribution >= 4 is 11.8 Å². The van der Waals surface area contributed by atoms with Crippen LogP contribution in [0.25, 0.3) is 0 Å². The highest BCUT2D eigenvalue weighted by atomic mass is 16.5. The molecule has 0 radical (unpaired) electrons. The Morgan fingerprint density at radius 1 is 1.20 bits per heavy atom. The van der Waals surface area contributed by atoms with Crippen molar-refractivity contribution in [3.63, 3.8) is 0 Å². The molecule has 1 heterocycles. The van der Waals surface area contributed by atoms with Gasteiger partial charge in [0.2, 0.25) is 11.8 Å². The van der Waals surface area contributed by atoms with Gasteiger partial charge in [-0.15, -0.1) is 0 Å². The Balaban J connectivity index is 1.48. The number of rotatable bonds is 8. The standard InChI is InChI=1S/C20H34N2O3/c1-4-8-20(9-10-20)18(24)22-11-7-16(19(2,3)14-22)21-17(23)13-25-12-15-5-6-15/h15-16H,4-14H2,1-3H3,(H,21,23). The van der Waals surface area contributed by atoms with E-state index < -0.39 is 0 Å². The lowest BCUT2D eigenvalue weighted by Crippen LogP contribution is -2.58. The topological polar surface area (TPSA) is 58.6 Å². The van der Waals surface area contributed by atoms with Crippen molar-refractivity contribution in [3.05, 3.63) is 0 Å². The molecule has 0 aromatic carbocycles. The molecule has 1 unspecified atom stereocenters. The zero-order chi connectivity index (χ0) is 18.1. The quantitative estimate of drug-likeness (QED) is 0.732. The Labute approximate surface area is 151 Å². The first kappa shape index (κ1) is 18.7. The molecular formula is C20H34N2O3. The summed E-state index contributed by atoms with van der Waals surface area (Å²) in [5.74, 6) is 1.000. The maximum atomic E-state index is 12.9. The molecule has 142 valence electrons. The normalized spacial score (nSPS) is 27.0. The zero-order valence-corrected chi connectivity index (χ0v) is 16.1. The lowest BCUT2D eigenvalue weighted by Gasteiger charge is -2.45. The van der Waals surface area contributed by atoms with E-state index in [1.54, 1.807) is 0 Å². The summed E-state index contributed by atoms with van der Waals surface area (Å²) in [5.41, 5.74) is -0.167. The number of hydrogen-bond donors (Lipinski definition) is 1. The van der Waals surface area contributed by atoms with E-state index in [-0.39, 0.29) is 29.4 Å². The number of amides is 2. The van der Waals surface area contributed by atoms with Gasteiger partial charge in [0.1, 0.15) is 6.61 Å². The summed E-state index contributed by atoms with van der Waals surface area (Å²) >= 11 is 0.